The van der Waals surface area contributed by atoms with Gasteiger partial charge in [0.15, 0.2) is 0 Å². The third-order valence-corrected chi connectivity index (χ3v) is 15.5. The molecule has 0 radical (unpaired) electrons. The van der Waals surface area contributed by atoms with Gasteiger partial charge in [-0.2, -0.15) is 0 Å². The van der Waals surface area contributed by atoms with E-state index in [2.05, 4.69) is 48.5 Å². The molecule has 4 atom stereocenters. The summed E-state index contributed by atoms with van der Waals surface area (Å²) in [7, 11) is 0. The molecule has 0 bridgehead atoms. The van der Waals surface area contributed by atoms with E-state index >= 15 is 0 Å². The van der Waals surface area contributed by atoms with Gasteiger partial charge in [0.25, 0.3) is 0 Å². The smallest absolute Gasteiger partial charge is 0.410 e. The lowest BCUT2D eigenvalue weighted by molar-refractivity contribution is -0.141. The van der Waals surface area contributed by atoms with E-state index in [-0.39, 0.29) is 66.5 Å². The van der Waals surface area contributed by atoms with E-state index < -0.39 is 6.09 Å². The number of benzene rings is 4. The van der Waals surface area contributed by atoms with Crippen LogP contribution in [0.15, 0.2) is 102 Å². The number of aryl methyl sites for hydroxylation is 1. The molecule has 5 amide bonds. The molecule has 5 aliphatic rings. The molecule has 2 unspecified atom stereocenters. The Bertz CT molecular complexity index is 2400. The molecule has 13 heteroatoms. The van der Waals surface area contributed by atoms with E-state index in [0.29, 0.717) is 63.1 Å². The van der Waals surface area contributed by atoms with Gasteiger partial charge in [-0.25, -0.2) is 4.79 Å². The first-order valence-electron chi connectivity index (χ1n) is 23.3. The lowest BCUT2D eigenvalue weighted by Gasteiger charge is -2.36. The van der Waals surface area contributed by atoms with Gasteiger partial charge in [-0.3, -0.25) is 24.1 Å². The second kappa shape index (κ2) is 20.0. The molecule has 340 valence electrons. The van der Waals surface area contributed by atoms with Gasteiger partial charge in [0.1, 0.15) is 13.2 Å². The summed E-state index contributed by atoms with van der Waals surface area (Å²) >= 11 is 7.83. The minimum atomic E-state index is -0.447. The van der Waals surface area contributed by atoms with Crippen molar-refractivity contribution in [3.05, 3.63) is 124 Å². The van der Waals surface area contributed by atoms with Gasteiger partial charge in [0.05, 0.1) is 10.8 Å². The Balaban J connectivity index is 0.730. The largest absolute Gasteiger partial charge is 0.445 e. The number of halogens is 1. The molecule has 0 spiro atoms. The molecule has 65 heavy (non-hydrogen) atoms. The van der Waals surface area contributed by atoms with Crippen LogP contribution < -0.4 is 0 Å². The molecule has 2 saturated heterocycles. The Hall–Kier alpha value is -5.33. The third kappa shape index (κ3) is 10.7. The third-order valence-electron chi connectivity index (χ3n) is 14.0. The van der Waals surface area contributed by atoms with E-state index in [1.807, 2.05) is 70.2 Å². The first-order valence-corrected chi connectivity index (χ1v) is 24.7. The molecule has 4 aromatic rings. The SMILES string of the molecule is Cc1ccc(SCC(=O)N2CCN(C(=O)[C@@H]3C[C@H]3c3cccc(-c4cccc(C5CC5C(=O)N5CCN(C(=O)CN(C(=O)OCc6ccccc6)C6CCCC6)CC5)c4)c3)CC2)c(Cl)c1. The molecule has 0 N–H and O–H groups in total. The number of amides is 5. The van der Waals surface area contributed by atoms with Crippen LogP contribution in [0.1, 0.15) is 72.6 Å². The minimum Gasteiger partial charge on any atom is -0.445 e. The summed E-state index contributed by atoms with van der Waals surface area (Å²) in [6.07, 6.45) is 4.99. The average Bonchev–Trinajstić information content (AvgIpc) is 4.27. The maximum Gasteiger partial charge on any atom is 0.410 e. The van der Waals surface area contributed by atoms with Gasteiger partial charge in [0, 0.05) is 75.1 Å². The van der Waals surface area contributed by atoms with Crippen molar-refractivity contribution in [3.8, 4) is 11.1 Å². The van der Waals surface area contributed by atoms with Crippen LogP contribution in [0.4, 0.5) is 4.79 Å². The molecular weight excluding hydrogens is 858 g/mol. The normalized spacial score (nSPS) is 21.8. The Morgan fingerprint density at radius 3 is 1.74 bits per heavy atom. The van der Waals surface area contributed by atoms with Crippen molar-refractivity contribution < 1.29 is 28.7 Å². The lowest BCUT2D eigenvalue weighted by atomic mass is 9.97. The Morgan fingerprint density at radius 1 is 0.646 bits per heavy atom. The molecular formula is C52H58ClN5O6S. The van der Waals surface area contributed by atoms with Crippen molar-refractivity contribution >= 4 is 53.1 Å². The Morgan fingerprint density at radius 2 is 1.18 bits per heavy atom. The number of rotatable bonds is 13. The van der Waals surface area contributed by atoms with Crippen molar-refractivity contribution in [3.63, 3.8) is 0 Å². The number of hydrogen-bond acceptors (Lipinski definition) is 7. The van der Waals surface area contributed by atoms with Crippen LogP contribution in [0.5, 0.6) is 0 Å². The number of nitrogens with zero attached hydrogens (tertiary/aromatic N) is 5. The van der Waals surface area contributed by atoms with Crippen molar-refractivity contribution in [1.82, 2.24) is 24.5 Å². The zero-order chi connectivity index (χ0) is 45.0. The summed E-state index contributed by atoms with van der Waals surface area (Å²) in [5, 5.41) is 0.663. The number of carbonyl (C=O) groups is 5. The molecule has 3 saturated carbocycles. The van der Waals surface area contributed by atoms with Crippen molar-refractivity contribution in [2.75, 3.05) is 64.7 Å². The van der Waals surface area contributed by atoms with E-state index in [9.17, 15) is 24.0 Å². The molecule has 3 aliphatic carbocycles. The Kier molecular flexibility index (Phi) is 13.8. The highest BCUT2D eigenvalue weighted by Gasteiger charge is 2.48. The predicted molar refractivity (Wildman–Crippen MR) is 252 cm³/mol. The fourth-order valence-corrected chi connectivity index (χ4v) is 11.2. The summed E-state index contributed by atoms with van der Waals surface area (Å²) in [4.78, 5) is 77.2. The number of piperazine rings is 2. The highest BCUT2D eigenvalue weighted by Crippen LogP contribution is 2.51. The summed E-state index contributed by atoms with van der Waals surface area (Å²) in [5.41, 5.74) is 6.50. The quantitative estimate of drug-likeness (QED) is 0.124. The number of ether oxygens (including phenoxy) is 1. The van der Waals surface area contributed by atoms with Gasteiger partial charge in [-0.15, -0.1) is 11.8 Å². The lowest BCUT2D eigenvalue weighted by Crippen LogP contribution is -2.54. The van der Waals surface area contributed by atoms with Crippen LogP contribution >= 0.6 is 23.4 Å². The van der Waals surface area contributed by atoms with E-state index in [4.69, 9.17) is 16.3 Å². The second-order valence-corrected chi connectivity index (χ2v) is 19.8. The molecule has 4 aromatic carbocycles. The van der Waals surface area contributed by atoms with Crippen LogP contribution in [-0.2, 0) is 30.5 Å². The van der Waals surface area contributed by atoms with Crippen LogP contribution in [0.3, 0.4) is 0 Å². The van der Waals surface area contributed by atoms with E-state index in [1.165, 1.54) is 11.8 Å². The molecule has 11 nitrogen and oxygen atoms in total. The van der Waals surface area contributed by atoms with E-state index in [0.717, 1.165) is 76.8 Å². The van der Waals surface area contributed by atoms with E-state index in [1.54, 1.807) is 9.80 Å². The topological polar surface area (TPSA) is 111 Å². The zero-order valence-electron chi connectivity index (χ0n) is 37.1. The second-order valence-electron chi connectivity index (χ2n) is 18.4. The fourth-order valence-electron chi connectivity index (χ4n) is 9.95. The first kappa shape index (κ1) is 44.9. The maximum atomic E-state index is 13.8. The number of carbonyl (C=O) groups excluding carboxylic acids is 5. The monoisotopic (exact) mass is 915 g/mol. The zero-order valence-corrected chi connectivity index (χ0v) is 38.7. The number of thioether (sulfide) groups is 1. The van der Waals surface area contributed by atoms with Gasteiger partial charge < -0.3 is 24.3 Å². The predicted octanol–water partition coefficient (Wildman–Crippen LogP) is 8.24. The Labute approximate surface area is 391 Å². The van der Waals surface area contributed by atoms with Gasteiger partial charge in [-0.05, 0) is 90.0 Å². The van der Waals surface area contributed by atoms with Crippen molar-refractivity contribution in [2.24, 2.45) is 11.8 Å². The summed E-state index contributed by atoms with van der Waals surface area (Å²) in [6.45, 7) is 6.17. The van der Waals surface area contributed by atoms with Crippen LogP contribution in [0.25, 0.3) is 11.1 Å². The standard InChI is InChI=1S/C52H58ClN5O6S/c1-35-17-18-47(46(53)27-35)65-34-49(60)55-21-25-57(26-22-55)51(62)45-31-43(45)40-14-8-12-38(29-40)37-11-7-13-39(28-37)42-30-44(42)50(61)56-23-19-54(20-24-56)48(59)32-58(41-15-5-6-16-41)52(63)64-33-36-9-3-2-4-10-36/h2-4,7-14,17-18,27-29,41-45H,5-6,15-16,19-26,30-34H2,1H3/t42?,43-,44?,45+/m0/s1. The summed E-state index contributed by atoms with van der Waals surface area (Å²) < 4.78 is 5.66. The van der Waals surface area contributed by atoms with Gasteiger partial charge >= 0.3 is 6.09 Å². The fraction of sp³-hybridized carbons (Fsp3) is 0.442. The maximum absolute atomic E-state index is 13.8. The molecule has 5 fully saturated rings. The summed E-state index contributed by atoms with van der Waals surface area (Å²) in [5.74, 6) is 0.810. The van der Waals surface area contributed by atoms with Gasteiger partial charge in [-0.1, -0.05) is 109 Å². The first-order chi connectivity index (χ1) is 31.6. The van der Waals surface area contributed by atoms with Crippen LogP contribution in [0, 0.1) is 18.8 Å². The van der Waals surface area contributed by atoms with Crippen molar-refractivity contribution in [2.45, 2.75) is 74.8 Å². The highest BCUT2D eigenvalue weighted by atomic mass is 35.5. The molecule has 9 rings (SSSR count). The molecule has 2 heterocycles. The number of hydrogen-bond donors (Lipinski definition) is 0. The average molecular weight is 917 g/mol. The summed E-state index contributed by atoms with van der Waals surface area (Å²) in [6, 6.07) is 32.5. The molecule has 0 aromatic heterocycles. The minimum absolute atomic E-state index is 0.000514. The highest BCUT2D eigenvalue weighted by molar-refractivity contribution is 8.00. The van der Waals surface area contributed by atoms with Crippen molar-refractivity contribution in [1.29, 1.82) is 0 Å². The molecule has 2 aliphatic heterocycles. The van der Waals surface area contributed by atoms with Crippen LogP contribution in [0.2, 0.25) is 5.02 Å². The van der Waals surface area contributed by atoms with Gasteiger partial charge in [0.2, 0.25) is 23.6 Å². The van der Waals surface area contributed by atoms with Crippen LogP contribution in [-0.4, -0.2) is 125 Å².